The third kappa shape index (κ3) is 2.76. The van der Waals surface area contributed by atoms with E-state index in [0.29, 0.717) is 5.41 Å². The molecule has 1 saturated heterocycles. The molecule has 0 radical (unpaired) electrons. The molecule has 94 valence electrons. The summed E-state index contributed by atoms with van der Waals surface area (Å²) in [6.45, 7) is 3.94. The van der Waals surface area contributed by atoms with Gasteiger partial charge in [0.05, 0.1) is 5.75 Å². The molecule has 1 aliphatic carbocycles. The topological polar surface area (TPSA) is 58.2 Å². The van der Waals surface area contributed by atoms with Gasteiger partial charge in [-0.25, -0.2) is 13.1 Å². The zero-order chi connectivity index (χ0) is 11.6. The van der Waals surface area contributed by atoms with E-state index in [1.165, 1.54) is 6.42 Å². The number of hydrogen-bond acceptors (Lipinski definition) is 3. The summed E-state index contributed by atoms with van der Waals surface area (Å²) in [6.07, 6.45) is 5.59. The summed E-state index contributed by atoms with van der Waals surface area (Å²) >= 11 is 0. The van der Waals surface area contributed by atoms with Gasteiger partial charge in [-0.2, -0.15) is 0 Å². The van der Waals surface area contributed by atoms with E-state index in [1.807, 2.05) is 0 Å². The molecule has 0 unspecified atom stereocenters. The first-order valence-electron chi connectivity index (χ1n) is 6.26. The minimum atomic E-state index is -3.02. The fourth-order valence-corrected chi connectivity index (χ4v) is 3.82. The molecule has 0 aromatic rings. The van der Waals surface area contributed by atoms with Gasteiger partial charge in [0.15, 0.2) is 0 Å². The standard InChI is InChI=1S/C11H22N2O2S/c1-2-16(14,15)13-10-3-5-11(6-4-10)7-8-12-9-11/h10,12-13H,2-9H2,1H3. The lowest BCUT2D eigenvalue weighted by Gasteiger charge is -2.36. The molecule has 1 aliphatic heterocycles. The van der Waals surface area contributed by atoms with Crippen LogP contribution in [0.5, 0.6) is 0 Å². The van der Waals surface area contributed by atoms with Crippen LogP contribution in [0.1, 0.15) is 39.0 Å². The van der Waals surface area contributed by atoms with E-state index < -0.39 is 10.0 Å². The maximum Gasteiger partial charge on any atom is 0.211 e. The number of nitrogens with one attached hydrogen (secondary N) is 2. The summed E-state index contributed by atoms with van der Waals surface area (Å²) in [5.74, 6) is 0.191. The third-order valence-electron chi connectivity index (χ3n) is 4.10. The second-order valence-electron chi connectivity index (χ2n) is 5.22. The fourth-order valence-electron chi connectivity index (χ4n) is 2.91. The van der Waals surface area contributed by atoms with Crippen molar-refractivity contribution in [3.8, 4) is 0 Å². The van der Waals surface area contributed by atoms with Gasteiger partial charge in [0.1, 0.15) is 0 Å². The predicted molar refractivity (Wildman–Crippen MR) is 64.8 cm³/mol. The molecule has 0 atom stereocenters. The Balaban J connectivity index is 1.85. The SMILES string of the molecule is CCS(=O)(=O)NC1CCC2(CCNC2)CC1. The van der Waals surface area contributed by atoms with E-state index >= 15 is 0 Å². The van der Waals surface area contributed by atoms with Crippen molar-refractivity contribution in [1.29, 1.82) is 0 Å². The molecule has 2 fully saturated rings. The average molecular weight is 246 g/mol. The smallest absolute Gasteiger partial charge is 0.211 e. The molecule has 2 N–H and O–H groups in total. The van der Waals surface area contributed by atoms with Crippen LogP contribution in [0.25, 0.3) is 0 Å². The summed E-state index contributed by atoms with van der Waals surface area (Å²) in [5.41, 5.74) is 0.480. The highest BCUT2D eigenvalue weighted by molar-refractivity contribution is 7.89. The van der Waals surface area contributed by atoms with Crippen LogP contribution in [0, 0.1) is 5.41 Å². The van der Waals surface area contributed by atoms with Crippen LogP contribution in [0.15, 0.2) is 0 Å². The van der Waals surface area contributed by atoms with Gasteiger partial charge in [-0.3, -0.25) is 0 Å². The lowest BCUT2D eigenvalue weighted by atomic mass is 9.72. The average Bonchev–Trinajstić information content (AvgIpc) is 2.71. The minimum absolute atomic E-state index is 0.177. The fraction of sp³-hybridized carbons (Fsp3) is 1.00. The van der Waals surface area contributed by atoms with Gasteiger partial charge < -0.3 is 5.32 Å². The molecule has 1 spiro atoms. The van der Waals surface area contributed by atoms with Crippen molar-refractivity contribution in [2.24, 2.45) is 5.41 Å². The molecule has 5 heteroatoms. The molecule has 2 aliphatic rings. The summed E-state index contributed by atoms with van der Waals surface area (Å²) in [6, 6.07) is 0.177. The zero-order valence-electron chi connectivity index (χ0n) is 9.96. The Hall–Kier alpha value is -0.130. The van der Waals surface area contributed by atoms with Gasteiger partial charge in [-0.15, -0.1) is 0 Å². The normalized spacial score (nSPS) is 35.7. The van der Waals surface area contributed by atoms with Gasteiger partial charge >= 0.3 is 0 Å². The van der Waals surface area contributed by atoms with Gasteiger partial charge in [0.2, 0.25) is 10.0 Å². The zero-order valence-corrected chi connectivity index (χ0v) is 10.8. The van der Waals surface area contributed by atoms with Gasteiger partial charge in [-0.05, 0) is 51.0 Å². The Labute approximate surface area is 98.2 Å². The van der Waals surface area contributed by atoms with Crippen LogP contribution in [-0.4, -0.2) is 33.3 Å². The van der Waals surface area contributed by atoms with E-state index in [1.54, 1.807) is 6.92 Å². The Bertz CT molecular complexity index is 324. The molecule has 1 saturated carbocycles. The van der Waals surface area contributed by atoms with Crippen molar-refractivity contribution < 1.29 is 8.42 Å². The lowest BCUT2D eigenvalue weighted by Crippen LogP contribution is -2.41. The molecule has 1 heterocycles. The quantitative estimate of drug-likeness (QED) is 0.776. The van der Waals surface area contributed by atoms with Crippen molar-refractivity contribution in [3.05, 3.63) is 0 Å². The molecule has 2 rings (SSSR count). The highest BCUT2D eigenvalue weighted by Crippen LogP contribution is 2.40. The Morgan fingerprint density at radius 1 is 1.31 bits per heavy atom. The molecule has 0 aromatic carbocycles. The lowest BCUT2D eigenvalue weighted by molar-refractivity contribution is 0.194. The van der Waals surface area contributed by atoms with Crippen molar-refractivity contribution >= 4 is 10.0 Å². The second kappa shape index (κ2) is 4.63. The van der Waals surface area contributed by atoms with E-state index in [2.05, 4.69) is 10.0 Å². The van der Waals surface area contributed by atoms with Crippen LogP contribution < -0.4 is 10.0 Å². The van der Waals surface area contributed by atoms with Gasteiger partial charge in [0, 0.05) is 12.6 Å². The number of sulfonamides is 1. The van der Waals surface area contributed by atoms with Crippen LogP contribution in [0.3, 0.4) is 0 Å². The summed E-state index contributed by atoms with van der Waals surface area (Å²) in [7, 11) is -3.02. The van der Waals surface area contributed by atoms with Crippen LogP contribution in [0.2, 0.25) is 0 Å². The van der Waals surface area contributed by atoms with Crippen molar-refractivity contribution in [1.82, 2.24) is 10.0 Å². The van der Waals surface area contributed by atoms with Crippen molar-refractivity contribution in [2.75, 3.05) is 18.8 Å². The van der Waals surface area contributed by atoms with Crippen LogP contribution in [-0.2, 0) is 10.0 Å². The molecular formula is C11H22N2O2S. The molecular weight excluding hydrogens is 224 g/mol. The molecule has 0 amide bonds. The van der Waals surface area contributed by atoms with E-state index in [0.717, 1.165) is 38.8 Å². The highest BCUT2D eigenvalue weighted by atomic mass is 32.2. The van der Waals surface area contributed by atoms with Crippen LogP contribution >= 0.6 is 0 Å². The van der Waals surface area contributed by atoms with Crippen molar-refractivity contribution in [3.63, 3.8) is 0 Å². The monoisotopic (exact) mass is 246 g/mol. The van der Waals surface area contributed by atoms with Crippen molar-refractivity contribution in [2.45, 2.75) is 45.1 Å². The summed E-state index contributed by atoms with van der Waals surface area (Å²) < 4.78 is 25.7. The molecule has 16 heavy (non-hydrogen) atoms. The Morgan fingerprint density at radius 2 is 2.00 bits per heavy atom. The second-order valence-corrected chi connectivity index (χ2v) is 7.26. The predicted octanol–water partition coefficient (Wildman–Crippen LogP) is 0.848. The largest absolute Gasteiger partial charge is 0.316 e. The van der Waals surface area contributed by atoms with Gasteiger partial charge in [0.25, 0.3) is 0 Å². The third-order valence-corrected chi connectivity index (χ3v) is 5.56. The van der Waals surface area contributed by atoms with E-state index in [4.69, 9.17) is 0 Å². The first kappa shape index (κ1) is 12.3. The van der Waals surface area contributed by atoms with Crippen LogP contribution in [0.4, 0.5) is 0 Å². The summed E-state index contributed by atoms with van der Waals surface area (Å²) in [5, 5.41) is 3.42. The first-order chi connectivity index (χ1) is 7.55. The maximum absolute atomic E-state index is 11.5. The van der Waals surface area contributed by atoms with Gasteiger partial charge in [-0.1, -0.05) is 0 Å². The number of rotatable bonds is 3. The number of hydrogen-bond donors (Lipinski definition) is 2. The minimum Gasteiger partial charge on any atom is -0.316 e. The van der Waals surface area contributed by atoms with E-state index in [9.17, 15) is 8.42 Å². The Morgan fingerprint density at radius 3 is 2.50 bits per heavy atom. The Kier molecular flexibility index (Phi) is 3.56. The molecule has 0 aromatic heterocycles. The first-order valence-corrected chi connectivity index (χ1v) is 7.91. The molecule has 4 nitrogen and oxygen atoms in total. The van der Waals surface area contributed by atoms with E-state index in [-0.39, 0.29) is 11.8 Å². The summed E-state index contributed by atoms with van der Waals surface area (Å²) in [4.78, 5) is 0. The maximum atomic E-state index is 11.5. The molecule has 0 bridgehead atoms. The highest BCUT2D eigenvalue weighted by Gasteiger charge is 2.38.